The first kappa shape index (κ1) is 28.7. The summed E-state index contributed by atoms with van der Waals surface area (Å²) >= 11 is 0. The highest BCUT2D eigenvalue weighted by Gasteiger charge is 2.26. The van der Waals surface area contributed by atoms with Crippen LogP contribution in [0.1, 0.15) is 74.2 Å². The largest absolute Gasteiger partial charge is 0.494 e. The Bertz CT molecular complexity index is 1080. The van der Waals surface area contributed by atoms with Crippen LogP contribution in [0.3, 0.4) is 0 Å². The first-order chi connectivity index (χ1) is 18.4. The van der Waals surface area contributed by atoms with E-state index in [1.54, 1.807) is 61.5 Å². The van der Waals surface area contributed by atoms with Crippen molar-refractivity contribution in [2.75, 3.05) is 13.2 Å². The molecule has 0 spiro atoms. The van der Waals surface area contributed by atoms with Gasteiger partial charge in [-0.15, -0.1) is 0 Å². The molecule has 1 aliphatic rings. The van der Waals surface area contributed by atoms with Gasteiger partial charge in [0.15, 0.2) is 0 Å². The highest BCUT2D eigenvalue weighted by molar-refractivity contribution is 5.91. The summed E-state index contributed by atoms with van der Waals surface area (Å²) in [5, 5.41) is 0. The molecule has 202 valence electrons. The minimum atomic E-state index is -0.456. The molecular weight excluding hydrogens is 484 g/mol. The van der Waals surface area contributed by atoms with Crippen LogP contribution >= 0.6 is 0 Å². The Labute approximate surface area is 224 Å². The summed E-state index contributed by atoms with van der Waals surface area (Å²) in [5.74, 6) is 0.0285. The number of rotatable bonds is 15. The zero-order valence-electron chi connectivity index (χ0n) is 22.0. The average Bonchev–Trinajstić information content (AvgIpc) is 3.24. The van der Waals surface area contributed by atoms with Gasteiger partial charge in [0.2, 0.25) is 0 Å². The Balaban J connectivity index is 1.27. The highest BCUT2D eigenvalue weighted by Crippen LogP contribution is 2.23. The molecule has 1 unspecified atom stereocenters. The number of carbonyl (C=O) groups is 3. The van der Waals surface area contributed by atoms with Crippen LogP contribution in [-0.2, 0) is 19.1 Å². The molecule has 2 aromatic rings. The maximum absolute atomic E-state index is 12.4. The number of esters is 3. The van der Waals surface area contributed by atoms with E-state index in [1.165, 1.54) is 6.08 Å². The molecule has 0 amide bonds. The van der Waals surface area contributed by atoms with Crippen molar-refractivity contribution in [3.63, 3.8) is 0 Å². The van der Waals surface area contributed by atoms with Gasteiger partial charge in [-0.2, -0.15) is 0 Å². The van der Waals surface area contributed by atoms with Crippen LogP contribution < -0.4 is 9.47 Å². The van der Waals surface area contributed by atoms with Crippen LogP contribution in [0.4, 0.5) is 0 Å². The standard InChI is InChI=1S/C31H36O7/c1-3-35-29(32)20-13-24-11-16-27(17-12-24)37-31(34)25-14-18-26(19-15-25)36-21-9-7-5-4-6-8-10-28-22-23(2)30(33)38-28/h11-20,28H,2-10,21-22H2,1H3. The van der Waals surface area contributed by atoms with Crippen LogP contribution in [0, 0.1) is 0 Å². The fourth-order valence-corrected chi connectivity index (χ4v) is 4.02. The molecule has 1 heterocycles. The van der Waals surface area contributed by atoms with E-state index in [2.05, 4.69) is 6.58 Å². The van der Waals surface area contributed by atoms with Gasteiger partial charge in [-0.05, 0) is 74.2 Å². The van der Waals surface area contributed by atoms with Crippen LogP contribution in [-0.4, -0.2) is 37.2 Å². The SMILES string of the molecule is C=C1CC(CCCCCCCCOc2ccc(C(=O)Oc3ccc(C=CC(=O)OCC)cc3)cc2)OC1=O. The average molecular weight is 521 g/mol. The van der Waals surface area contributed by atoms with Crippen LogP contribution in [0.5, 0.6) is 11.5 Å². The maximum Gasteiger partial charge on any atom is 0.343 e. The van der Waals surface area contributed by atoms with Crippen molar-refractivity contribution < 1.29 is 33.3 Å². The van der Waals surface area contributed by atoms with E-state index in [-0.39, 0.29) is 12.1 Å². The number of ether oxygens (including phenoxy) is 4. The summed E-state index contributed by atoms with van der Waals surface area (Å²) in [6, 6.07) is 13.8. The van der Waals surface area contributed by atoms with E-state index in [4.69, 9.17) is 18.9 Å². The van der Waals surface area contributed by atoms with Crippen molar-refractivity contribution in [2.45, 2.75) is 64.4 Å². The quantitative estimate of drug-likeness (QED) is 0.115. The van der Waals surface area contributed by atoms with Gasteiger partial charge >= 0.3 is 17.9 Å². The monoisotopic (exact) mass is 520 g/mol. The highest BCUT2D eigenvalue weighted by atomic mass is 16.6. The van der Waals surface area contributed by atoms with Crippen LogP contribution in [0.2, 0.25) is 0 Å². The summed E-state index contributed by atoms with van der Waals surface area (Å²) < 4.78 is 21.3. The first-order valence-electron chi connectivity index (χ1n) is 13.2. The molecule has 2 aromatic carbocycles. The molecule has 1 aliphatic heterocycles. The van der Waals surface area contributed by atoms with Gasteiger partial charge in [0, 0.05) is 18.1 Å². The molecule has 7 nitrogen and oxygen atoms in total. The van der Waals surface area contributed by atoms with Gasteiger partial charge in [-0.1, -0.05) is 44.4 Å². The minimum absolute atomic E-state index is 0.0241. The first-order valence-corrected chi connectivity index (χ1v) is 13.2. The van der Waals surface area contributed by atoms with Gasteiger partial charge in [0.25, 0.3) is 0 Å². The second-order valence-corrected chi connectivity index (χ2v) is 9.16. The molecule has 0 radical (unpaired) electrons. The lowest BCUT2D eigenvalue weighted by molar-refractivity contribution is -0.139. The van der Waals surface area contributed by atoms with Crippen molar-refractivity contribution in [2.24, 2.45) is 0 Å². The van der Waals surface area contributed by atoms with E-state index in [0.717, 1.165) is 50.5 Å². The normalized spacial score (nSPS) is 14.9. The molecule has 1 saturated heterocycles. The molecule has 7 heteroatoms. The zero-order valence-corrected chi connectivity index (χ0v) is 22.0. The molecule has 1 fully saturated rings. The Morgan fingerprint density at radius 2 is 1.61 bits per heavy atom. The third-order valence-corrected chi connectivity index (χ3v) is 6.10. The minimum Gasteiger partial charge on any atom is -0.494 e. The van der Waals surface area contributed by atoms with Crippen molar-refractivity contribution in [1.29, 1.82) is 0 Å². The number of hydrogen-bond donors (Lipinski definition) is 0. The van der Waals surface area contributed by atoms with Gasteiger partial charge in [-0.3, -0.25) is 0 Å². The second-order valence-electron chi connectivity index (χ2n) is 9.16. The lowest BCUT2D eigenvalue weighted by atomic mass is 10.0. The van der Waals surface area contributed by atoms with Gasteiger partial charge in [0.05, 0.1) is 18.8 Å². The molecule has 0 aliphatic carbocycles. The second kappa shape index (κ2) is 15.4. The van der Waals surface area contributed by atoms with Gasteiger partial charge < -0.3 is 18.9 Å². The van der Waals surface area contributed by atoms with Crippen molar-refractivity contribution in [3.8, 4) is 11.5 Å². The third-order valence-electron chi connectivity index (χ3n) is 6.10. The Morgan fingerprint density at radius 3 is 2.26 bits per heavy atom. The lowest BCUT2D eigenvalue weighted by Gasteiger charge is -2.09. The third kappa shape index (κ3) is 9.88. The van der Waals surface area contributed by atoms with E-state index in [0.29, 0.717) is 42.3 Å². The van der Waals surface area contributed by atoms with Crippen molar-refractivity contribution in [3.05, 3.63) is 77.9 Å². The predicted molar refractivity (Wildman–Crippen MR) is 145 cm³/mol. The van der Waals surface area contributed by atoms with Gasteiger partial charge in [-0.25, -0.2) is 14.4 Å². The molecule has 0 aromatic heterocycles. The summed E-state index contributed by atoms with van der Waals surface area (Å²) in [7, 11) is 0. The number of hydrogen-bond acceptors (Lipinski definition) is 7. The number of carbonyl (C=O) groups excluding carboxylic acids is 3. The molecular formula is C31H36O7. The fraction of sp³-hybridized carbons (Fsp3) is 0.387. The number of unbranched alkanes of at least 4 members (excludes halogenated alkanes) is 5. The number of cyclic esters (lactones) is 1. The molecule has 0 saturated carbocycles. The lowest BCUT2D eigenvalue weighted by Crippen LogP contribution is -2.08. The maximum atomic E-state index is 12.4. The Kier molecular flexibility index (Phi) is 11.6. The fourth-order valence-electron chi connectivity index (χ4n) is 4.02. The summed E-state index contributed by atoms with van der Waals surface area (Å²) in [6.07, 6.45) is 11.2. The molecule has 0 bridgehead atoms. The van der Waals surface area contributed by atoms with E-state index in [1.807, 2.05) is 0 Å². The van der Waals surface area contributed by atoms with Crippen molar-refractivity contribution in [1.82, 2.24) is 0 Å². The molecule has 1 atom stereocenters. The molecule has 38 heavy (non-hydrogen) atoms. The van der Waals surface area contributed by atoms with Crippen molar-refractivity contribution >= 4 is 24.0 Å². The topological polar surface area (TPSA) is 88.1 Å². The smallest absolute Gasteiger partial charge is 0.343 e. The Morgan fingerprint density at radius 1 is 0.947 bits per heavy atom. The zero-order chi connectivity index (χ0) is 27.2. The Hall–Kier alpha value is -3.87. The summed E-state index contributed by atoms with van der Waals surface area (Å²) in [6.45, 7) is 6.42. The number of benzene rings is 2. The van der Waals surface area contributed by atoms with Gasteiger partial charge in [0.1, 0.15) is 17.6 Å². The molecule has 3 rings (SSSR count). The van der Waals surface area contributed by atoms with E-state index >= 15 is 0 Å². The van der Waals surface area contributed by atoms with Crippen LogP contribution in [0.15, 0.2) is 66.8 Å². The van der Waals surface area contributed by atoms with Crippen LogP contribution in [0.25, 0.3) is 6.08 Å². The van der Waals surface area contributed by atoms with E-state index in [9.17, 15) is 14.4 Å². The van der Waals surface area contributed by atoms with E-state index < -0.39 is 11.9 Å². The summed E-state index contributed by atoms with van der Waals surface area (Å²) in [4.78, 5) is 35.2. The predicted octanol–water partition coefficient (Wildman–Crippen LogP) is 6.46. The summed E-state index contributed by atoms with van der Waals surface area (Å²) in [5.41, 5.74) is 1.81. The molecule has 0 N–H and O–H groups in total.